The standard InChI is InChI=1S/C13H23N3O4/c1-5-6-15(9-10(17)20-4)7-8-16-11(18)13(2,3)14-12(16)19/h5-9H2,1-4H3,(H,14,19). The quantitative estimate of drug-likeness (QED) is 0.534. The first-order valence-corrected chi connectivity index (χ1v) is 6.75. The fourth-order valence-corrected chi connectivity index (χ4v) is 2.10. The second kappa shape index (κ2) is 6.69. The Kier molecular flexibility index (Phi) is 5.50. The molecule has 1 fully saturated rings. The molecule has 7 nitrogen and oxygen atoms in total. The van der Waals surface area contributed by atoms with Gasteiger partial charge in [0.25, 0.3) is 5.91 Å². The molecule has 0 saturated carbocycles. The molecule has 0 aromatic carbocycles. The summed E-state index contributed by atoms with van der Waals surface area (Å²) in [4.78, 5) is 38.1. The number of amides is 3. The molecule has 3 amide bonds. The van der Waals surface area contributed by atoms with E-state index in [0.29, 0.717) is 13.1 Å². The molecule has 114 valence electrons. The van der Waals surface area contributed by atoms with Crippen molar-refractivity contribution in [3.63, 3.8) is 0 Å². The van der Waals surface area contributed by atoms with Gasteiger partial charge in [-0.3, -0.25) is 19.4 Å². The number of urea groups is 1. The summed E-state index contributed by atoms with van der Waals surface area (Å²) >= 11 is 0. The number of rotatable bonds is 7. The van der Waals surface area contributed by atoms with Crippen LogP contribution in [0, 0.1) is 0 Å². The smallest absolute Gasteiger partial charge is 0.325 e. The fourth-order valence-electron chi connectivity index (χ4n) is 2.10. The van der Waals surface area contributed by atoms with Crippen LogP contribution in [0.2, 0.25) is 0 Å². The molecule has 0 aliphatic carbocycles. The molecule has 0 aromatic rings. The first kappa shape index (κ1) is 16.4. The Morgan fingerprint density at radius 3 is 2.45 bits per heavy atom. The molecule has 7 heteroatoms. The van der Waals surface area contributed by atoms with Crippen molar-refractivity contribution in [2.24, 2.45) is 0 Å². The van der Waals surface area contributed by atoms with Gasteiger partial charge in [0.15, 0.2) is 0 Å². The molecule has 0 aromatic heterocycles. The Morgan fingerprint density at radius 1 is 1.35 bits per heavy atom. The van der Waals surface area contributed by atoms with Crippen molar-refractivity contribution in [3.8, 4) is 0 Å². The molecule has 0 unspecified atom stereocenters. The van der Waals surface area contributed by atoms with Crippen LogP contribution in [0.5, 0.6) is 0 Å². The molecule has 1 aliphatic rings. The summed E-state index contributed by atoms with van der Waals surface area (Å²) in [5, 5.41) is 2.63. The minimum atomic E-state index is -0.852. The molecule has 1 N–H and O–H groups in total. The topological polar surface area (TPSA) is 79.0 Å². The van der Waals surface area contributed by atoms with Crippen molar-refractivity contribution in [3.05, 3.63) is 0 Å². The van der Waals surface area contributed by atoms with Gasteiger partial charge in [0.2, 0.25) is 0 Å². The van der Waals surface area contributed by atoms with Crippen molar-refractivity contribution in [1.29, 1.82) is 0 Å². The Morgan fingerprint density at radius 2 is 2.00 bits per heavy atom. The van der Waals surface area contributed by atoms with Gasteiger partial charge in [-0.25, -0.2) is 4.79 Å². The highest BCUT2D eigenvalue weighted by Crippen LogP contribution is 2.16. The van der Waals surface area contributed by atoms with Gasteiger partial charge in [-0.1, -0.05) is 6.92 Å². The predicted molar refractivity (Wildman–Crippen MR) is 73.1 cm³/mol. The van der Waals surface area contributed by atoms with E-state index in [1.54, 1.807) is 13.8 Å². The largest absolute Gasteiger partial charge is 0.468 e. The first-order chi connectivity index (χ1) is 9.31. The van der Waals surface area contributed by atoms with Crippen LogP contribution in [-0.2, 0) is 14.3 Å². The number of hydrogen-bond donors (Lipinski definition) is 1. The molecule has 1 heterocycles. The molecule has 0 atom stereocenters. The summed E-state index contributed by atoms with van der Waals surface area (Å²) in [6.45, 7) is 6.95. The summed E-state index contributed by atoms with van der Waals surface area (Å²) in [5.74, 6) is -0.562. The maximum Gasteiger partial charge on any atom is 0.325 e. The van der Waals surface area contributed by atoms with E-state index in [-0.39, 0.29) is 31.0 Å². The zero-order chi connectivity index (χ0) is 15.3. The van der Waals surface area contributed by atoms with Gasteiger partial charge in [0, 0.05) is 13.1 Å². The lowest BCUT2D eigenvalue weighted by atomic mass is 10.1. The number of carbonyl (C=O) groups is 3. The van der Waals surface area contributed by atoms with Crippen LogP contribution in [0.15, 0.2) is 0 Å². The van der Waals surface area contributed by atoms with Crippen molar-refractivity contribution >= 4 is 17.9 Å². The maximum atomic E-state index is 12.0. The van der Waals surface area contributed by atoms with Gasteiger partial charge in [-0.2, -0.15) is 0 Å². The summed E-state index contributed by atoms with van der Waals surface area (Å²) in [6.07, 6.45) is 0.878. The fraction of sp³-hybridized carbons (Fsp3) is 0.769. The van der Waals surface area contributed by atoms with E-state index >= 15 is 0 Å². The Hall–Kier alpha value is -1.63. The second-order valence-electron chi connectivity index (χ2n) is 5.36. The molecular formula is C13H23N3O4. The second-order valence-corrected chi connectivity index (χ2v) is 5.36. The normalized spacial score (nSPS) is 17.6. The van der Waals surface area contributed by atoms with E-state index in [4.69, 9.17) is 0 Å². The Balaban J connectivity index is 2.57. The highest BCUT2D eigenvalue weighted by molar-refractivity contribution is 6.06. The number of hydrogen-bond acceptors (Lipinski definition) is 5. The van der Waals surface area contributed by atoms with Crippen molar-refractivity contribution in [1.82, 2.24) is 15.1 Å². The maximum absolute atomic E-state index is 12.0. The average molecular weight is 285 g/mol. The molecule has 0 spiro atoms. The minimum absolute atomic E-state index is 0.164. The van der Waals surface area contributed by atoms with E-state index in [1.807, 2.05) is 11.8 Å². The molecular weight excluding hydrogens is 262 g/mol. The number of nitrogens with zero attached hydrogens (tertiary/aromatic N) is 2. The van der Waals surface area contributed by atoms with Crippen LogP contribution in [0.1, 0.15) is 27.2 Å². The monoisotopic (exact) mass is 285 g/mol. The zero-order valence-corrected chi connectivity index (χ0v) is 12.6. The third-order valence-electron chi connectivity index (χ3n) is 3.20. The van der Waals surface area contributed by atoms with E-state index in [9.17, 15) is 14.4 Å². The SMILES string of the molecule is CCCN(CCN1C(=O)NC(C)(C)C1=O)CC(=O)OC. The van der Waals surface area contributed by atoms with Crippen LogP contribution in [-0.4, -0.2) is 66.5 Å². The van der Waals surface area contributed by atoms with Gasteiger partial charge < -0.3 is 10.1 Å². The summed E-state index contributed by atoms with van der Waals surface area (Å²) in [7, 11) is 1.34. The third-order valence-corrected chi connectivity index (χ3v) is 3.20. The van der Waals surface area contributed by atoms with E-state index in [0.717, 1.165) is 6.42 Å². The minimum Gasteiger partial charge on any atom is -0.468 e. The molecule has 1 rings (SSSR count). The highest BCUT2D eigenvalue weighted by Gasteiger charge is 2.43. The van der Waals surface area contributed by atoms with Crippen molar-refractivity contribution in [2.45, 2.75) is 32.7 Å². The van der Waals surface area contributed by atoms with Crippen LogP contribution in [0.3, 0.4) is 0 Å². The lowest BCUT2D eigenvalue weighted by Gasteiger charge is -2.23. The Labute approximate surface area is 119 Å². The molecule has 20 heavy (non-hydrogen) atoms. The van der Waals surface area contributed by atoms with Crippen LogP contribution >= 0.6 is 0 Å². The van der Waals surface area contributed by atoms with E-state index < -0.39 is 5.54 Å². The van der Waals surface area contributed by atoms with Gasteiger partial charge in [0.1, 0.15) is 5.54 Å². The van der Waals surface area contributed by atoms with E-state index in [1.165, 1.54) is 12.0 Å². The zero-order valence-electron chi connectivity index (χ0n) is 12.6. The van der Waals surface area contributed by atoms with E-state index in [2.05, 4.69) is 10.1 Å². The van der Waals surface area contributed by atoms with Crippen molar-refractivity contribution in [2.75, 3.05) is 33.3 Å². The van der Waals surface area contributed by atoms with Gasteiger partial charge >= 0.3 is 12.0 Å². The predicted octanol–water partition coefficient (Wildman–Crippen LogP) is 0.202. The Bertz CT molecular complexity index is 395. The highest BCUT2D eigenvalue weighted by atomic mass is 16.5. The summed E-state index contributed by atoms with van der Waals surface area (Å²) in [5.41, 5.74) is -0.852. The lowest BCUT2D eigenvalue weighted by Crippen LogP contribution is -2.43. The van der Waals surface area contributed by atoms with Crippen LogP contribution < -0.4 is 5.32 Å². The van der Waals surface area contributed by atoms with Gasteiger partial charge in [0.05, 0.1) is 13.7 Å². The number of nitrogens with one attached hydrogen (secondary N) is 1. The first-order valence-electron chi connectivity index (χ1n) is 6.75. The van der Waals surface area contributed by atoms with Crippen molar-refractivity contribution < 1.29 is 19.1 Å². The number of esters is 1. The summed E-state index contributed by atoms with van der Waals surface area (Å²) < 4.78 is 4.63. The van der Waals surface area contributed by atoms with Crippen LogP contribution in [0.25, 0.3) is 0 Å². The number of carbonyl (C=O) groups excluding carboxylic acids is 3. The summed E-state index contributed by atoms with van der Waals surface area (Å²) in [6, 6.07) is -0.380. The average Bonchev–Trinajstić information content (AvgIpc) is 2.56. The molecule has 0 bridgehead atoms. The molecule has 1 saturated heterocycles. The number of imide groups is 1. The lowest BCUT2D eigenvalue weighted by molar-refractivity contribution is -0.141. The molecule has 0 radical (unpaired) electrons. The number of methoxy groups -OCH3 is 1. The van der Waals surface area contributed by atoms with Gasteiger partial charge in [-0.05, 0) is 26.8 Å². The number of ether oxygens (including phenoxy) is 1. The van der Waals surface area contributed by atoms with Crippen LogP contribution in [0.4, 0.5) is 4.79 Å². The molecule has 1 aliphatic heterocycles. The van der Waals surface area contributed by atoms with Gasteiger partial charge in [-0.15, -0.1) is 0 Å². The third kappa shape index (κ3) is 3.93.